The Morgan fingerprint density at radius 2 is 1.70 bits per heavy atom. The molecule has 2 fully saturated rings. The van der Waals surface area contributed by atoms with Crippen molar-refractivity contribution in [2.75, 3.05) is 45.5 Å². The molecule has 3 aromatic carbocycles. The first-order valence-electron chi connectivity index (χ1n) is 17.2. The summed E-state index contributed by atoms with van der Waals surface area (Å²) in [4.78, 5) is 55.8. The monoisotopic (exact) mass is 744 g/mol. The average Bonchev–Trinajstić information content (AvgIpc) is 3.96. The first-order chi connectivity index (χ1) is 25.5. The molecule has 1 atom stereocenters. The fourth-order valence-electron chi connectivity index (χ4n) is 7.16. The fraction of sp³-hybridized carbons (Fsp3) is 0.333. The van der Waals surface area contributed by atoms with E-state index in [1.165, 1.54) is 35.8 Å². The summed E-state index contributed by atoms with van der Waals surface area (Å²) in [5.74, 6) is -0.709. The zero-order valence-corrected chi connectivity index (χ0v) is 30.4. The molecule has 5 aromatic rings. The van der Waals surface area contributed by atoms with Crippen molar-refractivity contribution in [1.82, 2.24) is 14.0 Å². The van der Waals surface area contributed by atoms with Gasteiger partial charge in [-0.05, 0) is 80.8 Å². The van der Waals surface area contributed by atoms with Gasteiger partial charge in [0.15, 0.2) is 17.0 Å². The zero-order valence-electron chi connectivity index (χ0n) is 29.7. The molecule has 0 spiro atoms. The summed E-state index contributed by atoms with van der Waals surface area (Å²) < 4.78 is 41.1. The number of hydrogen-bond acceptors (Lipinski definition) is 9. The van der Waals surface area contributed by atoms with Crippen LogP contribution >= 0.6 is 11.6 Å². The summed E-state index contributed by atoms with van der Waals surface area (Å²) in [7, 11) is 2.99. The predicted molar refractivity (Wildman–Crippen MR) is 197 cm³/mol. The van der Waals surface area contributed by atoms with E-state index in [-0.39, 0.29) is 60.3 Å². The highest BCUT2D eigenvalue weighted by molar-refractivity contribution is 6.30. The third kappa shape index (κ3) is 6.76. The van der Waals surface area contributed by atoms with E-state index in [1.807, 2.05) is 16.4 Å². The number of anilines is 1. The minimum Gasteiger partial charge on any atom is -0.497 e. The molecule has 2 aromatic heterocycles. The maximum Gasteiger partial charge on any atom is 0.413 e. The van der Waals surface area contributed by atoms with Gasteiger partial charge in [0.05, 0.1) is 37.1 Å². The van der Waals surface area contributed by atoms with E-state index in [0.29, 0.717) is 44.0 Å². The van der Waals surface area contributed by atoms with E-state index in [2.05, 4.69) is 0 Å². The van der Waals surface area contributed by atoms with Crippen LogP contribution in [0.2, 0.25) is 5.02 Å². The van der Waals surface area contributed by atoms with Gasteiger partial charge in [-0.25, -0.2) is 9.18 Å². The van der Waals surface area contributed by atoms with Crippen LogP contribution < -0.4 is 19.8 Å². The van der Waals surface area contributed by atoms with Crippen LogP contribution in [0.25, 0.3) is 21.8 Å². The molecule has 276 valence electrons. The Balaban J connectivity index is 1.01. The van der Waals surface area contributed by atoms with Crippen molar-refractivity contribution in [2.45, 2.75) is 45.2 Å². The maximum atomic E-state index is 15.7. The van der Waals surface area contributed by atoms with Crippen LogP contribution in [-0.2, 0) is 20.7 Å². The Morgan fingerprint density at radius 3 is 2.38 bits per heavy atom. The molecule has 14 heteroatoms. The Labute approximate surface area is 309 Å². The molecule has 1 aliphatic carbocycles. The summed E-state index contributed by atoms with van der Waals surface area (Å²) in [5.41, 5.74) is 2.62. The van der Waals surface area contributed by atoms with Crippen molar-refractivity contribution in [2.24, 2.45) is 0 Å². The highest BCUT2D eigenvalue weighted by Crippen LogP contribution is 2.43. The number of carbonyl (C=O) groups excluding carboxylic acids is 3. The molecule has 12 nitrogen and oxygen atoms in total. The number of piperazine rings is 1. The van der Waals surface area contributed by atoms with E-state index >= 15 is 4.39 Å². The number of carbonyl (C=O) groups is 3. The van der Waals surface area contributed by atoms with E-state index in [9.17, 15) is 19.2 Å². The molecule has 2 aliphatic rings. The van der Waals surface area contributed by atoms with Crippen molar-refractivity contribution in [3.63, 3.8) is 0 Å². The van der Waals surface area contributed by atoms with Crippen LogP contribution in [0.4, 0.5) is 14.9 Å². The van der Waals surface area contributed by atoms with Gasteiger partial charge in [-0.2, -0.15) is 0 Å². The third-order valence-electron chi connectivity index (χ3n) is 9.97. The van der Waals surface area contributed by atoms with Crippen molar-refractivity contribution in [1.29, 1.82) is 0 Å². The number of fused-ring (bicyclic) bond motifs is 2. The molecule has 0 radical (unpaired) electrons. The first-order valence-corrected chi connectivity index (χ1v) is 17.6. The van der Waals surface area contributed by atoms with Crippen LogP contribution in [0.1, 0.15) is 47.4 Å². The third-order valence-corrected chi connectivity index (χ3v) is 10.2. The molecule has 1 amide bonds. The second-order valence-electron chi connectivity index (χ2n) is 13.3. The van der Waals surface area contributed by atoms with Crippen LogP contribution in [-0.4, -0.2) is 78.7 Å². The maximum absolute atomic E-state index is 15.7. The summed E-state index contributed by atoms with van der Waals surface area (Å²) in [6.07, 6.45) is 2.77. The number of hydrogen-bond donors (Lipinski definition) is 0. The molecule has 53 heavy (non-hydrogen) atoms. The number of aromatic nitrogens is 2. The van der Waals surface area contributed by atoms with Crippen molar-refractivity contribution >= 4 is 57.1 Å². The Bertz CT molecular complexity index is 2320. The van der Waals surface area contributed by atoms with Gasteiger partial charge in [0, 0.05) is 65.6 Å². The lowest BCUT2D eigenvalue weighted by atomic mass is 10.1. The number of benzene rings is 3. The van der Waals surface area contributed by atoms with Crippen molar-refractivity contribution < 1.29 is 37.7 Å². The molecule has 1 unspecified atom stereocenters. The normalized spacial score (nSPS) is 15.8. The number of nitrogens with zero attached hydrogens (tertiary/aromatic N) is 4. The summed E-state index contributed by atoms with van der Waals surface area (Å²) in [6.45, 7) is 3.65. The van der Waals surface area contributed by atoms with E-state index in [1.54, 1.807) is 55.6 Å². The Hall–Kier alpha value is -5.56. The standard InChI is InChI=1S/C39H38ClFN4O8/c1-22-20-42(36-31(41)18-30-33(46)13-14-44(26-9-10-26)35(30)37(36)51-4)15-16-43(22)39(49)53-21-52-34(47)19-28-23(2)45(32-12-11-27(50-3)17-29(28)32)38(48)24-5-7-25(40)8-6-24/h5-8,11-14,17-18,22,26H,9-10,15-16,19-21H2,1-4H3. The topological polar surface area (TPSA) is 122 Å². The summed E-state index contributed by atoms with van der Waals surface area (Å²) >= 11 is 6.03. The average molecular weight is 745 g/mol. The lowest BCUT2D eigenvalue weighted by Gasteiger charge is -2.40. The van der Waals surface area contributed by atoms with Gasteiger partial charge in [0.25, 0.3) is 5.91 Å². The lowest BCUT2D eigenvalue weighted by molar-refractivity contribution is -0.151. The minimum atomic E-state index is -0.690. The largest absolute Gasteiger partial charge is 0.497 e. The first kappa shape index (κ1) is 35.8. The predicted octanol–water partition coefficient (Wildman–Crippen LogP) is 6.49. The van der Waals surface area contributed by atoms with Gasteiger partial charge >= 0.3 is 12.1 Å². The second kappa shape index (κ2) is 14.5. The van der Waals surface area contributed by atoms with Gasteiger partial charge in [0.2, 0.25) is 6.79 Å². The molecule has 3 heterocycles. The lowest BCUT2D eigenvalue weighted by Crippen LogP contribution is -2.54. The van der Waals surface area contributed by atoms with Crippen LogP contribution in [0.15, 0.2) is 65.6 Å². The number of ether oxygens (including phenoxy) is 4. The van der Waals surface area contributed by atoms with Gasteiger partial charge in [0.1, 0.15) is 11.4 Å². The SMILES string of the molecule is COc1ccc2c(c1)c(CC(=O)OCOC(=O)N1CCN(c3c(F)cc4c(=O)ccn(C5CC5)c4c3OC)CC1C)c(C)n2C(=O)c1ccc(Cl)cc1. The Morgan fingerprint density at radius 1 is 0.943 bits per heavy atom. The molecule has 0 bridgehead atoms. The summed E-state index contributed by atoms with van der Waals surface area (Å²) in [5, 5.41) is 1.40. The second-order valence-corrected chi connectivity index (χ2v) is 13.7. The number of pyridine rings is 1. The number of amides is 1. The van der Waals surface area contributed by atoms with Crippen LogP contribution in [0.3, 0.4) is 0 Å². The van der Waals surface area contributed by atoms with Crippen molar-refractivity contribution in [3.05, 3.63) is 98.7 Å². The molecular weight excluding hydrogens is 707 g/mol. The number of rotatable bonds is 9. The fourth-order valence-corrected chi connectivity index (χ4v) is 7.29. The molecule has 0 N–H and O–H groups in total. The number of methoxy groups -OCH3 is 2. The highest BCUT2D eigenvalue weighted by atomic mass is 35.5. The molecule has 1 aliphatic heterocycles. The van der Waals surface area contributed by atoms with Gasteiger partial charge in [-0.15, -0.1) is 0 Å². The van der Waals surface area contributed by atoms with E-state index in [4.69, 9.17) is 30.5 Å². The molecule has 1 saturated carbocycles. The smallest absolute Gasteiger partial charge is 0.413 e. The van der Waals surface area contributed by atoms with Gasteiger partial charge in [-0.1, -0.05) is 11.6 Å². The minimum absolute atomic E-state index is 0.195. The van der Waals surface area contributed by atoms with Crippen LogP contribution in [0.5, 0.6) is 11.5 Å². The molecule has 7 rings (SSSR count). The van der Waals surface area contributed by atoms with Crippen molar-refractivity contribution in [3.8, 4) is 11.5 Å². The molecular formula is C39H38ClFN4O8. The van der Waals surface area contributed by atoms with Gasteiger partial charge in [-0.3, -0.25) is 19.0 Å². The van der Waals surface area contributed by atoms with E-state index in [0.717, 1.165) is 12.8 Å². The van der Waals surface area contributed by atoms with Crippen LogP contribution in [0, 0.1) is 12.7 Å². The summed E-state index contributed by atoms with van der Waals surface area (Å²) in [6, 6.07) is 14.3. The quantitative estimate of drug-likeness (QED) is 0.123. The van der Waals surface area contributed by atoms with E-state index < -0.39 is 30.7 Å². The van der Waals surface area contributed by atoms with Gasteiger partial charge < -0.3 is 33.3 Å². The zero-order chi connectivity index (χ0) is 37.6. The molecule has 1 saturated heterocycles. The highest BCUT2D eigenvalue weighted by Gasteiger charge is 2.34. The number of esters is 1. The Kier molecular flexibility index (Phi) is 9.77. The number of halogens is 2.